The minimum atomic E-state index is -0.891. The zero-order chi connectivity index (χ0) is 25.4. The summed E-state index contributed by atoms with van der Waals surface area (Å²) in [5.41, 5.74) is 1.25. The predicted molar refractivity (Wildman–Crippen MR) is 133 cm³/mol. The summed E-state index contributed by atoms with van der Waals surface area (Å²) >= 11 is 0. The first-order valence-corrected chi connectivity index (χ1v) is 12.8. The first-order chi connectivity index (χ1) is 16.5. The van der Waals surface area contributed by atoms with Crippen molar-refractivity contribution in [2.45, 2.75) is 84.7 Å². The van der Waals surface area contributed by atoms with Crippen LogP contribution in [0.3, 0.4) is 0 Å². The number of imide groups is 1. The van der Waals surface area contributed by atoms with E-state index in [-0.39, 0.29) is 36.0 Å². The Morgan fingerprint density at radius 3 is 2.40 bits per heavy atom. The summed E-state index contributed by atoms with van der Waals surface area (Å²) < 4.78 is 5.84. The number of urea groups is 1. The molecule has 0 bridgehead atoms. The van der Waals surface area contributed by atoms with Crippen molar-refractivity contribution in [2.75, 3.05) is 19.6 Å². The van der Waals surface area contributed by atoms with Gasteiger partial charge in [-0.2, -0.15) is 0 Å². The SMILES string of the molecule is CC1CC(C)(C)CC2(C1)NC(=O)N(CC(=O)NCc1ccccc1CN1CC(C)OC(C)C1)C2=O. The summed E-state index contributed by atoms with van der Waals surface area (Å²) in [7, 11) is 0. The van der Waals surface area contributed by atoms with Gasteiger partial charge < -0.3 is 15.4 Å². The zero-order valence-corrected chi connectivity index (χ0v) is 21.7. The number of morpholine rings is 1. The largest absolute Gasteiger partial charge is 0.373 e. The van der Waals surface area contributed by atoms with Crippen molar-refractivity contribution in [2.24, 2.45) is 11.3 Å². The summed E-state index contributed by atoms with van der Waals surface area (Å²) in [6, 6.07) is 7.60. The molecule has 4 atom stereocenters. The van der Waals surface area contributed by atoms with Crippen LogP contribution in [0, 0.1) is 11.3 Å². The fourth-order valence-electron chi connectivity index (χ4n) is 6.58. The van der Waals surface area contributed by atoms with Crippen LogP contribution >= 0.6 is 0 Å². The number of carbonyl (C=O) groups is 3. The number of rotatable bonds is 6. The van der Waals surface area contributed by atoms with E-state index in [9.17, 15) is 14.4 Å². The van der Waals surface area contributed by atoms with E-state index in [4.69, 9.17) is 4.74 Å². The number of nitrogens with one attached hydrogen (secondary N) is 2. The third-order valence-corrected chi connectivity index (χ3v) is 7.41. The van der Waals surface area contributed by atoms with E-state index >= 15 is 0 Å². The second-order valence-electron chi connectivity index (χ2n) is 11.8. The summed E-state index contributed by atoms with van der Waals surface area (Å²) in [5, 5.41) is 5.86. The van der Waals surface area contributed by atoms with Gasteiger partial charge in [0.15, 0.2) is 0 Å². The summed E-state index contributed by atoms with van der Waals surface area (Å²) in [6.07, 6.45) is 2.61. The van der Waals surface area contributed by atoms with Gasteiger partial charge in [0.2, 0.25) is 5.91 Å². The number of ether oxygens (including phenoxy) is 1. The zero-order valence-electron chi connectivity index (χ0n) is 21.7. The molecule has 2 N–H and O–H groups in total. The number of hydrogen-bond acceptors (Lipinski definition) is 5. The standard InChI is InChI=1S/C27H40N4O4/c1-18-10-26(4,5)17-27(11-18)24(33)31(25(34)29-27)16-23(32)28-12-21-8-6-7-9-22(21)15-30-13-19(2)35-20(3)14-30/h6-9,18-20H,10-17H2,1-5H3,(H,28,32)(H,29,34). The maximum absolute atomic E-state index is 13.3. The molecule has 2 heterocycles. The van der Waals surface area contributed by atoms with E-state index in [1.165, 1.54) is 0 Å². The monoisotopic (exact) mass is 484 g/mol. The first-order valence-electron chi connectivity index (χ1n) is 12.8. The Morgan fingerprint density at radius 1 is 1.09 bits per heavy atom. The molecule has 1 aromatic carbocycles. The Bertz CT molecular complexity index is 970. The van der Waals surface area contributed by atoms with Gasteiger partial charge in [-0.05, 0) is 55.6 Å². The van der Waals surface area contributed by atoms with E-state index in [1.54, 1.807) is 0 Å². The number of nitrogens with zero attached hydrogens (tertiary/aromatic N) is 2. The number of benzene rings is 1. The summed E-state index contributed by atoms with van der Waals surface area (Å²) in [5.74, 6) is -0.281. The molecule has 4 rings (SSSR count). The molecule has 0 radical (unpaired) electrons. The number of hydrogen-bond donors (Lipinski definition) is 2. The van der Waals surface area contributed by atoms with Crippen molar-refractivity contribution < 1.29 is 19.1 Å². The van der Waals surface area contributed by atoms with Crippen LogP contribution in [0.15, 0.2) is 24.3 Å². The molecular weight excluding hydrogens is 444 g/mol. The van der Waals surface area contributed by atoms with Gasteiger partial charge >= 0.3 is 6.03 Å². The van der Waals surface area contributed by atoms with E-state index in [0.717, 1.165) is 42.1 Å². The van der Waals surface area contributed by atoms with Crippen LogP contribution in [-0.2, 0) is 27.4 Å². The number of carbonyl (C=O) groups excluding carboxylic acids is 3. The van der Waals surface area contributed by atoms with Gasteiger partial charge in [-0.15, -0.1) is 0 Å². The molecule has 3 fully saturated rings. The lowest BCUT2D eigenvalue weighted by Crippen LogP contribution is -2.54. The molecule has 8 nitrogen and oxygen atoms in total. The molecule has 4 unspecified atom stereocenters. The molecule has 0 aromatic heterocycles. The van der Waals surface area contributed by atoms with Crippen LogP contribution < -0.4 is 10.6 Å². The molecule has 1 aromatic rings. The normalized spacial score (nSPS) is 31.0. The Balaban J connectivity index is 1.36. The van der Waals surface area contributed by atoms with Crippen LogP contribution in [0.4, 0.5) is 4.79 Å². The molecule has 1 spiro atoms. The van der Waals surface area contributed by atoms with Gasteiger partial charge in [-0.3, -0.25) is 19.4 Å². The Morgan fingerprint density at radius 2 is 1.74 bits per heavy atom. The van der Waals surface area contributed by atoms with Crippen molar-refractivity contribution in [1.82, 2.24) is 20.4 Å². The van der Waals surface area contributed by atoms with Gasteiger partial charge in [0.05, 0.1) is 12.2 Å². The van der Waals surface area contributed by atoms with Crippen LogP contribution in [0.25, 0.3) is 0 Å². The minimum absolute atomic E-state index is 0.0430. The van der Waals surface area contributed by atoms with Crippen molar-refractivity contribution in [3.05, 3.63) is 35.4 Å². The third-order valence-electron chi connectivity index (χ3n) is 7.41. The van der Waals surface area contributed by atoms with Crippen LogP contribution in [0.1, 0.15) is 65.0 Å². The molecule has 192 valence electrons. The summed E-state index contributed by atoms with van der Waals surface area (Å²) in [4.78, 5) is 42.3. The van der Waals surface area contributed by atoms with Crippen molar-refractivity contribution in [3.63, 3.8) is 0 Å². The maximum Gasteiger partial charge on any atom is 0.325 e. The second-order valence-corrected chi connectivity index (χ2v) is 11.8. The predicted octanol–water partition coefficient (Wildman–Crippen LogP) is 3.05. The van der Waals surface area contributed by atoms with Crippen LogP contribution in [0.2, 0.25) is 0 Å². The lowest BCUT2D eigenvalue weighted by atomic mass is 9.64. The molecule has 1 saturated carbocycles. The Kier molecular flexibility index (Phi) is 7.25. The first kappa shape index (κ1) is 25.6. The molecule has 35 heavy (non-hydrogen) atoms. The summed E-state index contributed by atoms with van der Waals surface area (Å²) in [6.45, 7) is 13.2. The highest BCUT2D eigenvalue weighted by Gasteiger charge is 2.56. The highest BCUT2D eigenvalue weighted by molar-refractivity contribution is 6.09. The van der Waals surface area contributed by atoms with Crippen molar-refractivity contribution >= 4 is 17.8 Å². The van der Waals surface area contributed by atoms with Gasteiger partial charge in [-0.1, -0.05) is 45.0 Å². The minimum Gasteiger partial charge on any atom is -0.373 e. The van der Waals surface area contributed by atoms with Gasteiger partial charge in [0.1, 0.15) is 12.1 Å². The molecule has 4 amide bonds. The van der Waals surface area contributed by atoms with Gasteiger partial charge in [-0.25, -0.2) is 4.79 Å². The topological polar surface area (TPSA) is 91.0 Å². The van der Waals surface area contributed by atoms with E-state index < -0.39 is 11.6 Å². The smallest absolute Gasteiger partial charge is 0.325 e. The Labute approximate surface area is 208 Å². The molecule has 2 saturated heterocycles. The lowest BCUT2D eigenvalue weighted by Gasteiger charge is -2.43. The van der Waals surface area contributed by atoms with Crippen LogP contribution in [0.5, 0.6) is 0 Å². The van der Waals surface area contributed by atoms with Crippen molar-refractivity contribution in [3.8, 4) is 0 Å². The molecule has 2 aliphatic heterocycles. The fourth-order valence-corrected chi connectivity index (χ4v) is 6.58. The third kappa shape index (κ3) is 5.86. The molecule has 1 aliphatic carbocycles. The second kappa shape index (κ2) is 9.90. The molecular formula is C27H40N4O4. The number of amides is 4. The highest BCUT2D eigenvalue weighted by atomic mass is 16.5. The van der Waals surface area contributed by atoms with Gasteiger partial charge in [0.25, 0.3) is 5.91 Å². The van der Waals surface area contributed by atoms with Crippen molar-refractivity contribution in [1.29, 1.82) is 0 Å². The van der Waals surface area contributed by atoms with E-state index in [2.05, 4.69) is 56.2 Å². The lowest BCUT2D eigenvalue weighted by molar-refractivity contribution is -0.137. The average Bonchev–Trinajstić information content (AvgIpc) is 2.94. The maximum atomic E-state index is 13.3. The van der Waals surface area contributed by atoms with Crippen LogP contribution in [-0.4, -0.2) is 65.0 Å². The van der Waals surface area contributed by atoms with Gasteiger partial charge in [0, 0.05) is 26.2 Å². The Hall–Kier alpha value is -2.45. The fraction of sp³-hybridized carbons (Fsp3) is 0.667. The van der Waals surface area contributed by atoms with E-state index in [0.29, 0.717) is 25.3 Å². The quantitative estimate of drug-likeness (QED) is 0.606. The molecule has 3 aliphatic rings. The molecule has 8 heteroatoms. The van der Waals surface area contributed by atoms with E-state index in [1.807, 2.05) is 18.2 Å². The highest BCUT2D eigenvalue weighted by Crippen LogP contribution is 2.46. The average molecular weight is 485 g/mol.